The standard InChI is InChI=1S/C15H22N2O3/c1-11(2)16(4)15(20)17(10-9-14(18)19)13-8-6-5-7-12(13)3/h5-8,11H,9-10H2,1-4H3,(H,18,19). The first-order chi connectivity index (χ1) is 9.34. The van der Waals surface area contributed by atoms with E-state index in [1.807, 2.05) is 45.0 Å². The molecule has 5 nitrogen and oxygen atoms in total. The predicted octanol–water partition coefficient (Wildman–Crippen LogP) is 2.74. The van der Waals surface area contributed by atoms with Gasteiger partial charge in [-0.3, -0.25) is 9.69 Å². The van der Waals surface area contributed by atoms with Gasteiger partial charge in [-0.1, -0.05) is 18.2 Å². The van der Waals surface area contributed by atoms with Crippen LogP contribution in [0.25, 0.3) is 0 Å². The zero-order valence-electron chi connectivity index (χ0n) is 12.5. The maximum atomic E-state index is 12.5. The first-order valence-electron chi connectivity index (χ1n) is 6.66. The first kappa shape index (κ1) is 16.0. The minimum Gasteiger partial charge on any atom is -0.481 e. The van der Waals surface area contributed by atoms with Crippen LogP contribution in [-0.2, 0) is 4.79 Å². The lowest BCUT2D eigenvalue weighted by molar-refractivity contribution is -0.136. The molecule has 0 unspecified atom stereocenters. The van der Waals surface area contributed by atoms with Gasteiger partial charge in [-0.2, -0.15) is 0 Å². The van der Waals surface area contributed by atoms with E-state index < -0.39 is 5.97 Å². The van der Waals surface area contributed by atoms with Gasteiger partial charge >= 0.3 is 12.0 Å². The largest absolute Gasteiger partial charge is 0.481 e. The summed E-state index contributed by atoms with van der Waals surface area (Å²) in [5, 5.41) is 8.86. The lowest BCUT2D eigenvalue weighted by atomic mass is 10.1. The third kappa shape index (κ3) is 3.98. The number of nitrogens with zero attached hydrogens (tertiary/aromatic N) is 2. The zero-order valence-corrected chi connectivity index (χ0v) is 12.5. The van der Waals surface area contributed by atoms with Crippen LogP contribution in [0.3, 0.4) is 0 Å². The van der Waals surface area contributed by atoms with Crippen molar-refractivity contribution in [2.75, 3.05) is 18.5 Å². The second-order valence-corrected chi connectivity index (χ2v) is 5.07. The third-order valence-corrected chi connectivity index (χ3v) is 3.26. The van der Waals surface area contributed by atoms with E-state index in [1.54, 1.807) is 11.9 Å². The maximum absolute atomic E-state index is 12.5. The van der Waals surface area contributed by atoms with Crippen LogP contribution in [-0.4, -0.2) is 41.6 Å². The Morgan fingerprint density at radius 1 is 1.25 bits per heavy atom. The molecule has 1 rings (SSSR count). The molecular formula is C15H22N2O3. The highest BCUT2D eigenvalue weighted by atomic mass is 16.4. The first-order valence-corrected chi connectivity index (χ1v) is 6.66. The Morgan fingerprint density at radius 2 is 1.85 bits per heavy atom. The number of aryl methyl sites for hydroxylation is 1. The number of rotatable bonds is 5. The summed E-state index contributed by atoms with van der Waals surface area (Å²) in [6, 6.07) is 7.35. The van der Waals surface area contributed by atoms with Gasteiger partial charge in [0.05, 0.1) is 6.42 Å². The smallest absolute Gasteiger partial charge is 0.324 e. The van der Waals surface area contributed by atoms with E-state index in [-0.39, 0.29) is 25.0 Å². The van der Waals surface area contributed by atoms with Crippen molar-refractivity contribution in [3.63, 3.8) is 0 Å². The van der Waals surface area contributed by atoms with Crippen molar-refractivity contribution in [2.45, 2.75) is 33.2 Å². The monoisotopic (exact) mass is 278 g/mol. The quantitative estimate of drug-likeness (QED) is 0.901. The average Bonchev–Trinajstić information content (AvgIpc) is 2.39. The van der Waals surface area contributed by atoms with Crippen LogP contribution < -0.4 is 4.90 Å². The number of para-hydroxylation sites is 1. The van der Waals surface area contributed by atoms with Crippen molar-refractivity contribution in [2.24, 2.45) is 0 Å². The summed E-state index contributed by atoms with van der Waals surface area (Å²) in [6.45, 7) is 5.91. The van der Waals surface area contributed by atoms with E-state index in [4.69, 9.17) is 5.11 Å². The summed E-state index contributed by atoms with van der Waals surface area (Å²) in [7, 11) is 1.72. The second kappa shape index (κ2) is 6.93. The number of carboxylic acids is 1. The minimum absolute atomic E-state index is 0.0545. The van der Waals surface area contributed by atoms with Gasteiger partial charge in [0.1, 0.15) is 0 Å². The highest BCUT2D eigenvalue weighted by Gasteiger charge is 2.23. The van der Waals surface area contributed by atoms with Gasteiger partial charge in [0.25, 0.3) is 0 Å². The number of hydrogen-bond donors (Lipinski definition) is 1. The topological polar surface area (TPSA) is 60.9 Å². The van der Waals surface area contributed by atoms with Gasteiger partial charge < -0.3 is 10.0 Å². The molecule has 110 valence electrons. The van der Waals surface area contributed by atoms with Crippen molar-refractivity contribution in [3.8, 4) is 0 Å². The number of hydrogen-bond acceptors (Lipinski definition) is 2. The van der Waals surface area contributed by atoms with Crippen molar-refractivity contribution in [1.29, 1.82) is 0 Å². The summed E-state index contributed by atoms with van der Waals surface area (Å²) in [5.74, 6) is -0.913. The summed E-state index contributed by atoms with van der Waals surface area (Å²) in [6.07, 6.45) is -0.0774. The van der Waals surface area contributed by atoms with E-state index in [0.29, 0.717) is 0 Å². The normalized spacial score (nSPS) is 10.4. The van der Waals surface area contributed by atoms with Gasteiger partial charge in [-0.25, -0.2) is 4.79 Å². The molecule has 20 heavy (non-hydrogen) atoms. The Hall–Kier alpha value is -2.04. The van der Waals surface area contributed by atoms with Crippen LogP contribution in [0.2, 0.25) is 0 Å². The van der Waals surface area contributed by atoms with Crippen molar-refractivity contribution < 1.29 is 14.7 Å². The van der Waals surface area contributed by atoms with Crippen LogP contribution in [0.1, 0.15) is 25.8 Å². The van der Waals surface area contributed by atoms with Crippen LogP contribution in [0.4, 0.5) is 10.5 Å². The maximum Gasteiger partial charge on any atom is 0.324 e. The number of carbonyl (C=O) groups excluding carboxylic acids is 1. The molecule has 0 spiro atoms. The molecule has 0 saturated carbocycles. The molecule has 0 aliphatic carbocycles. The van der Waals surface area contributed by atoms with E-state index >= 15 is 0 Å². The molecule has 1 aromatic rings. The highest BCUT2D eigenvalue weighted by Crippen LogP contribution is 2.21. The Balaban J connectivity index is 3.05. The molecule has 2 amide bonds. The highest BCUT2D eigenvalue weighted by molar-refractivity contribution is 5.93. The molecule has 1 aromatic carbocycles. The average molecular weight is 278 g/mol. The molecule has 0 aliphatic rings. The molecule has 1 N–H and O–H groups in total. The van der Waals surface area contributed by atoms with Gasteiger partial charge in [-0.15, -0.1) is 0 Å². The fourth-order valence-corrected chi connectivity index (χ4v) is 1.80. The number of anilines is 1. The van der Waals surface area contributed by atoms with Gasteiger partial charge in [0.15, 0.2) is 0 Å². The third-order valence-electron chi connectivity index (χ3n) is 3.26. The molecule has 0 fully saturated rings. The fraction of sp³-hybridized carbons (Fsp3) is 0.467. The van der Waals surface area contributed by atoms with Crippen molar-refractivity contribution in [1.82, 2.24) is 4.90 Å². The zero-order chi connectivity index (χ0) is 15.3. The van der Waals surface area contributed by atoms with Crippen LogP contribution in [0, 0.1) is 6.92 Å². The molecule has 0 radical (unpaired) electrons. The van der Waals surface area contributed by atoms with Crippen molar-refractivity contribution >= 4 is 17.7 Å². The number of aliphatic carboxylic acids is 1. The Morgan fingerprint density at radius 3 is 2.35 bits per heavy atom. The van der Waals surface area contributed by atoms with E-state index in [9.17, 15) is 9.59 Å². The molecule has 0 saturated heterocycles. The molecule has 0 aromatic heterocycles. The molecule has 5 heteroatoms. The van der Waals surface area contributed by atoms with E-state index in [0.717, 1.165) is 11.3 Å². The second-order valence-electron chi connectivity index (χ2n) is 5.07. The minimum atomic E-state index is -0.913. The van der Waals surface area contributed by atoms with Crippen LogP contribution in [0.15, 0.2) is 24.3 Å². The Kier molecular flexibility index (Phi) is 5.55. The lowest BCUT2D eigenvalue weighted by Gasteiger charge is -2.31. The summed E-state index contributed by atoms with van der Waals surface area (Å²) in [5.41, 5.74) is 1.70. The Bertz CT molecular complexity index is 486. The van der Waals surface area contributed by atoms with E-state index in [1.165, 1.54) is 4.90 Å². The van der Waals surface area contributed by atoms with Crippen molar-refractivity contribution in [3.05, 3.63) is 29.8 Å². The molecule has 0 aliphatic heterocycles. The summed E-state index contributed by atoms with van der Waals surface area (Å²) >= 11 is 0. The molecular weight excluding hydrogens is 256 g/mol. The molecule has 0 atom stereocenters. The number of amides is 2. The lowest BCUT2D eigenvalue weighted by Crippen LogP contribution is -2.45. The van der Waals surface area contributed by atoms with Gasteiger partial charge in [0.2, 0.25) is 0 Å². The summed E-state index contributed by atoms with van der Waals surface area (Å²) in [4.78, 5) is 26.4. The number of urea groups is 1. The summed E-state index contributed by atoms with van der Waals surface area (Å²) < 4.78 is 0. The number of benzene rings is 1. The number of carbonyl (C=O) groups is 2. The van der Waals surface area contributed by atoms with Crippen LogP contribution in [0.5, 0.6) is 0 Å². The fourth-order valence-electron chi connectivity index (χ4n) is 1.80. The predicted molar refractivity (Wildman–Crippen MR) is 79.1 cm³/mol. The van der Waals surface area contributed by atoms with E-state index in [2.05, 4.69) is 0 Å². The SMILES string of the molecule is Cc1ccccc1N(CCC(=O)O)C(=O)N(C)C(C)C. The van der Waals surface area contributed by atoms with Gasteiger partial charge in [-0.05, 0) is 32.4 Å². The Labute approximate surface area is 119 Å². The molecule has 0 bridgehead atoms. The number of carboxylic acid groups (broad SMARTS) is 1. The van der Waals surface area contributed by atoms with Gasteiger partial charge in [0, 0.05) is 25.3 Å². The molecule has 0 heterocycles. The van der Waals surface area contributed by atoms with Crippen LogP contribution >= 0.6 is 0 Å².